The molecule has 3 amide bonds. The molecule has 1 saturated heterocycles. The van der Waals surface area contributed by atoms with Crippen molar-refractivity contribution in [2.75, 3.05) is 20.3 Å². The largest absolute Gasteiger partial charge is 0.496 e. The van der Waals surface area contributed by atoms with Crippen molar-refractivity contribution in [1.29, 1.82) is 0 Å². The summed E-state index contributed by atoms with van der Waals surface area (Å²) in [5.74, 6) is -1.49. The van der Waals surface area contributed by atoms with Gasteiger partial charge in [0.05, 0.1) is 13.2 Å². The second-order valence-corrected chi connectivity index (χ2v) is 9.69. The minimum atomic E-state index is -1.05. The maximum Gasteiger partial charge on any atom is 0.271 e. The Morgan fingerprint density at radius 1 is 1.18 bits per heavy atom. The first-order valence-electron chi connectivity index (χ1n) is 12.7. The number of piperidine rings is 1. The first kappa shape index (κ1) is 25.5. The fourth-order valence-electron chi connectivity index (χ4n) is 5.41. The topological polar surface area (TPSA) is 141 Å². The summed E-state index contributed by atoms with van der Waals surface area (Å²) in [5, 5.41) is 15.8. The number of carbonyl (C=O) groups is 4. The van der Waals surface area contributed by atoms with Gasteiger partial charge in [0, 0.05) is 29.9 Å². The van der Waals surface area contributed by atoms with E-state index in [-0.39, 0.29) is 24.8 Å². The number of aromatic nitrogens is 1. The number of hydrogen-bond donors (Lipinski definition) is 4. The summed E-state index contributed by atoms with van der Waals surface area (Å²) in [5.41, 5.74) is 2.52. The molecule has 1 aromatic heterocycles. The number of ether oxygens (including phenoxy) is 1. The van der Waals surface area contributed by atoms with Crippen molar-refractivity contribution >= 4 is 34.4 Å². The highest BCUT2D eigenvalue weighted by Gasteiger charge is 2.41. The number of nitrogens with zero attached hydrogens (tertiary/aromatic N) is 1. The van der Waals surface area contributed by atoms with Gasteiger partial charge in [0.25, 0.3) is 5.91 Å². The van der Waals surface area contributed by atoms with E-state index in [0.29, 0.717) is 30.0 Å². The molecule has 2 aromatic carbocycles. The molecule has 3 atom stereocenters. The first-order valence-corrected chi connectivity index (χ1v) is 12.7. The van der Waals surface area contributed by atoms with Gasteiger partial charge in [0.2, 0.25) is 11.8 Å². The van der Waals surface area contributed by atoms with Crippen LogP contribution in [0.2, 0.25) is 0 Å². The fraction of sp³-hybridized carbons (Fsp3) is 0.357. The number of aliphatic hydroxyl groups is 1. The number of carbonyl (C=O) groups excluding carboxylic acids is 4. The summed E-state index contributed by atoms with van der Waals surface area (Å²) < 4.78 is 5.41. The van der Waals surface area contributed by atoms with Crippen molar-refractivity contribution in [1.82, 2.24) is 20.5 Å². The summed E-state index contributed by atoms with van der Waals surface area (Å²) in [6.07, 6.45) is 1.46. The number of ketones is 1. The Morgan fingerprint density at radius 3 is 2.76 bits per heavy atom. The number of benzene rings is 2. The summed E-state index contributed by atoms with van der Waals surface area (Å²) in [6.45, 7) is 0.0270. The maximum absolute atomic E-state index is 13.7. The van der Waals surface area contributed by atoms with Gasteiger partial charge in [-0.3, -0.25) is 19.2 Å². The Morgan fingerprint density at radius 2 is 2.00 bits per heavy atom. The zero-order valence-electron chi connectivity index (χ0n) is 21.0. The number of fused-ring (bicyclic) bond motifs is 2. The molecule has 0 aliphatic carbocycles. The minimum absolute atomic E-state index is 0.0844. The van der Waals surface area contributed by atoms with E-state index >= 15 is 0 Å². The third-order valence-corrected chi connectivity index (χ3v) is 7.37. The van der Waals surface area contributed by atoms with Crippen LogP contribution in [0.4, 0.5) is 0 Å². The van der Waals surface area contributed by atoms with Crippen molar-refractivity contribution < 1.29 is 29.0 Å². The van der Waals surface area contributed by atoms with E-state index in [9.17, 15) is 24.3 Å². The number of aromatic amines is 1. The molecular formula is C28H30N4O6. The normalized spacial score (nSPS) is 19.5. The van der Waals surface area contributed by atoms with Crippen molar-refractivity contribution in [2.45, 2.75) is 37.9 Å². The molecule has 0 bridgehead atoms. The predicted molar refractivity (Wildman–Crippen MR) is 138 cm³/mol. The number of hydrogen-bond acceptors (Lipinski definition) is 6. The highest BCUT2D eigenvalue weighted by Crippen LogP contribution is 2.36. The molecule has 4 N–H and O–H groups in total. The van der Waals surface area contributed by atoms with Gasteiger partial charge in [-0.05, 0) is 48.6 Å². The Balaban J connectivity index is 1.43. The van der Waals surface area contributed by atoms with Crippen molar-refractivity contribution in [2.24, 2.45) is 5.92 Å². The maximum atomic E-state index is 13.7. The Hall–Kier alpha value is -4.18. The van der Waals surface area contributed by atoms with Crippen LogP contribution in [0.15, 0.2) is 48.5 Å². The lowest BCUT2D eigenvalue weighted by Gasteiger charge is -2.29. The number of amides is 3. The van der Waals surface area contributed by atoms with Gasteiger partial charge in [0.15, 0.2) is 5.78 Å². The monoisotopic (exact) mass is 518 g/mol. The quantitative estimate of drug-likeness (QED) is 0.359. The number of aliphatic hydroxyl groups excluding tert-OH is 1. The van der Waals surface area contributed by atoms with Crippen LogP contribution in [0, 0.1) is 5.92 Å². The van der Waals surface area contributed by atoms with E-state index in [2.05, 4.69) is 15.6 Å². The van der Waals surface area contributed by atoms with Crippen LogP contribution in [-0.2, 0) is 20.9 Å². The van der Waals surface area contributed by atoms with Crippen LogP contribution < -0.4 is 15.4 Å². The van der Waals surface area contributed by atoms with Crippen LogP contribution in [-0.4, -0.2) is 64.8 Å². The summed E-state index contributed by atoms with van der Waals surface area (Å²) in [4.78, 5) is 56.9. The Labute approximate surface area is 219 Å². The third-order valence-electron chi connectivity index (χ3n) is 7.37. The van der Waals surface area contributed by atoms with E-state index in [1.54, 1.807) is 31.4 Å². The molecule has 198 valence electrons. The van der Waals surface area contributed by atoms with Gasteiger partial charge in [-0.15, -0.1) is 0 Å². The zero-order valence-corrected chi connectivity index (χ0v) is 21.0. The van der Waals surface area contributed by atoms with Crippen LogP contribution in [0.5, 0.6) is 5.75 Å². The molecular weight excluding hydrogens is 488 g/mol. The van der Waals surface area contributed by atoms with Crippen LogP contribution in [0.25, 0.3) is 10.9 Å². The van der Waals surface area contributed by atoms with E-state index in [0.717, 1.165) is 22.9 Å². The van der Waals surface area contributed by atoms with Crippen LogP contribution in [0.3, 0.4) is 0 Å². The van der Waals surface area contributed by atoms with Crippen LogP contribution >= 0.6 is 0 Å². The van der Waals surface area contributed by atoms with Crippen molar-refractivity contribution in [3.05, 3.63) is 65.4 Å². The molecule has 3 heterocycles. The second kappa shape index (κ2) is 10.7. The molecule has 0 saturated carbocycles. The number of Topliss-reactive ketones (excluding diaryl/α,β-unsaturated/α-hetero) is 1. The molecule has 2 aliphatic heterocycles. The standard InChI is InChI=1S/C28H30N4O6/c1-38-24-10-4-9-20-19(24)13-22(30-20)28(37)32-14-17-6-2-3-8-18(17)25(32)27(36)31-21(23(34)15-33)12-16-7-5-11-29-26(16)35/h2-4,6,8-10,13,16,21,25,30,33H,5,7,11-12,14-15H2,1H3,(H,29,35)(H,31,36)/t16-,21-,25-/m0/s1. The highest BCUT2D eigenvalue weighted by molar-refractivity contribution is 6.02. The van der Waals surface area contributed by atoms with E-state index < -0.39 is 36.3 Å². The second-order valence-electron chi connectivity index (χ2n) is 9.69. The molecule has 3 aromatic rings. The molecule has 10 heteroatoms. The molecule has 0 unspecified atom stereocenters. The number of methoxy groups -OCH3 is 1. The van der Waals surface area contributed by atoms with Gasteiger partial charge < -0.3 is 30.4 Å². The number of H-pyrrole nitrogens is 1. The molecule has 0 radical (unpaired) electrons. The number of rotatable bonds is 8. The van der Waals surface area contributed by atoms with Crippen LogP contribution in [0.1, 0.15) is 46.9 Å². The van der Waals surface area contributed by atoms with Gasteiger partial charge in [-0.2, -0.15) is 0 Å². The molecule has 1 fully saturated rings. The molecule has 5 rings (SSSR count). The van der Waals surface area contributed by atoms with Gasteiger partial charge in [0.1, 0.15) is 24.1 Å². The van der Waals surface area contributed by atoms with Crippen molar-refractivity contribution in [3.63, 3.8) is 0 Å². The molecule has 10 nitrogen and oxygen atoms in total. The van der Waals surface area contributed by atoms with E-state index in [1.165, 1.54) is 4.90 Å². The van der Waals surface area contributed by atoms with E-state index in [1.807, 2.05) is 24.3 Å². The average Bonchev–Trinajstić information content (AvgIpc) is 3.55. The van der Waals surface area contributed by atoms with Crippen molar-refractivity contribution in [3.8, 4) is 5.75 Å². The first-order chi connectivity index (χ1) is 18.4. The average molecular weight is 519 g/mol. The molecule has 2 aliphatic rings. The highest BCUT2D eigenvalue weighted by atomic mass is 16.5. The lowest BCUT2D eigenvalue weighted by Crippen LogP contribution is -2.50. The summed E-state index contributed by atoms with van der Waals surface area (Å²) >= 11 is 0. The Kier molecular flexibility index (Phi) is 7.15. The molecule has 0 spiro atoms. The van der Waals surface area contributed by atoms with E-state index in [4.69, 9.17) is 4.74 Å². The lowest BCUT2D eigenvalue weighted by molar-refractivity contribution is -0.133. The lowest BCUT2D eigenvalue weighted by atomic mass is 9.90. The van der Waals surface area contributed by atoms with Gasteiger partial charge >= 0.3 is 0 Å². The smallest absolute Gasteiger partial charge is 0.271 e. The summed E-state index contributed by atoms with van der Waals surface area (Å²) in [6, 6.07) is 12.4. The zero-order chi connectivity index (χ0) is 26.8. The summed E-state index contributed by atoms with van der Waals surface area (Å²) in [7, 11) is 1.56. The minimum Gasteiger partial charge on any atom is -0.496 e. The Bertz CT molecular complexity index is 1400. The SMILES string of the molecule is COc1cccc2[nH]c(C(=O)N3Cc4ccccc4[C@H]3C(=O)N[C@@H](C[C@@H]3CCCNC3=O)C(=O)CO)cc12. The third kappa shape index (κ3) is 4.74. The van der Waals surface area contributed by atoms with Gasteiger partial charge in [-0.25, -0.2) is 0 Å². The fourth-order valence-corrected chi connectivity index (χ4v) is 5.41. The van der Waals surface area contributed by atoms with Gasteiger partial charge in [-0.1, -0.05) is 30.3 Å². The number of nitrogens with one attached hydrogen (secondary N) is 3. The predicted octanol–water partition coefficient (Wildman–Crippen LogP) is 1.84. The molecule has 38 heavy (non-hydrogen) atoms.